The molecule has 0 saturated heterocycles. The Morgan fingerprint density at radius 1 is 1.14 bits per heavy atom. The average Bonchev–Trinajstić information content (AvgIpc) is 3.02. The zero-order valence-corrected chi connectivity index (χ0v) is 15.2. The fourth-order valence-corrected chi connectivity index (χ4v) is 2.62. The van der Waals surface area contributed by atoms with Crippen molar-refractivity contribution in [3.05, 3.63) is 24.3 Å². The summed E-state index contributed by atoms with van der Waals surface area (Å²) >= 11 is 0. The van der Waals surface area contributed by atoms with Gasteiger partial charge in [-0.1, -0.05) is 39.0 Å². The number of rotatable bonds is 7. The predicted molar refractivity (Wildman–Crippen MR) is 95.6 cm³/mol. The van der Waals surface area contributed by atoms with Crippen LogP contribution in [0, 0.1) is 0 Å². The molecule has 2 heterocycles. The number of nitrogens with one attached hydrogen (secondary N) is 1. The number of aliphatic imine (C=N–C) groups is 1. The Balaban J connectivity index is 0.000000287. The zero-order valence-electron chi connectivity index (χ0n) is 15.2. The van der Waals surface area contributed by atoms with E-state index in [-0.39, 0.29) is 0 Å². The number of quaternary nitrogens is 1. The summed E-state index contributed by atoms with van der Waals surface area (Å²) < 4.78 is 0. The van der Waals surface area contributed by atoms with Crippen molar-refractivity contribution in [3.8, 4) is 0 Å². The molecular formula is C18H35N4+. The fourth-order valence-electron chi connectivity index (χ4n) is 2.62. The van der Waals surface area contributed by atoms with Gasteiger partial charge < -0.3 is 9.80 Å². The highest BCUT2D eigenvalue weighted by Gasteiger charge is 2.17. The van der Waals surface area contributed by atoms with Crippen LogP contribution in [-0.4, -0.2) is 42.9 Å². The minimum absolute atomic E-state index is 0.556. The van der Waals surface area contributed by atoms with E-state index in [1.165, 1.54) is 50.0 Å². The summed E-state index contributed by atoms with van der Waals surface area (Å²) in [6.45, 7) is 7.74. The first kappa shape index (κ1) is 18.8. The summed E-state index contributed by atoms with van der Waals surface area (Å²) in [6.07, 6.45) is 17.2. The van der Waals surface area contributed by atoms with Gasteiger partial charge in [-0.25, -0.2) is 4.99 Å². The lowest BCUT2D eigenvalue weighted by molar-refractivity contribution is -0.710. The molecule has 126 valence electrons. The van der Waals surface area contributed by atoms with Crippen LogP contribution in [0.1, 0.15) is 59.3 Å². The Morgan fingerprint density at radius 2 is 1.82 bits per heavy atom. The van der Waals surface area contributed by atoms with E-state index in [0.717, 1.165) is 5.70 Å². The Bertz CT molecular complexity index is 387. The second kappa shape index (κ2) is 10.4. The minimum Gasteiger partial charge on any atom is -0.359 e. The van der Waals surface area contributed by atoms with Crippen LogP contribution in [0.25, 0.3) is 0 Å². The fraction of sp³-hybridized carbons (Fsp3) is 0.722. The average molecular weight is 308 g/mol. The van der Waals surface area contributed by atoms with Crippen molar-refractivity contribution in [2.24, 2.45) is 4.99 Å². The normalized spacial score (nSPS) is 22.9. The maximum Gasteiger partial charge on any atom is 0.193 e. The van der Waals surface area contributed by atoms with Gasteiger partial charge in [-0.2, -0.15) is 0 Å². The quantitative estimate of drug-likeness (QED) is 0.731. The van der Waals surface area contributed by atoms with Crippen LogP contribution in [0.5, 0.6) is 0 Å². The standard InChI is InChI=1S/C13H26N2.C5H8N2/c1-4-5-6-7-8-9-10-15-12-11-14(3)13(15)2;1-5-3-7(2)4-6-5/h11-13H,4-10H2,1-3H3;3-4H,1-2H3/p+1. The van der Waals surface area contributed by atoms with Gasteiger partial charge in [-0.05, 0) is 20.3 Å². The predicted octanol–water partition coefficient (Wildman–Crippen LogP) is 2.82. The van der Waals surface area contributed by atoms with E-state index in [2.05, 4.69) is 54.3 Å². The molecule has 22 heavy (non-hydrogen) atoms. The van der Waals surface area contributed by atoms with Crippen molar-refractivity contribution in [2.45, 2.75) is 65.5 Å². The van der Waals surface area contributed by atoms with Crippen LogP contribution in [0.3, 0.4) is 0 Å². The second-order valence-electron chi connectivity index (χ2n) is 6.39. The van der Waals surface area contributed by atoms with E-state index in [1.807, 2.05) is 20.3 Å². The molecule has 0 spiro atoms. The maximum absolute atomic E-state index is 4.02. The van der Waals surface area contributed by atoms with Gasteiger partial charge in [0.25, 0.3) is 0 Å². The zero-order chi connectivity index (χ0) is 16.4. The smallest absolute Gasteiger partial charge is 0.193 e. The Hall–Kier alpha value is -1.29. The third kappa shape index (κ3) is 7.12. The molecule has 4 nitrogen and oxygen atoms in total. The number of allylic oxidation sites excluding steroid dienone is 1. The molecule has 0 bridgehead atoms. The molecule has 2 aliphatic rings. The molecule has 0 aromatic rings. The topological polar surface area (TPSA) is 23.3 Å². The van der Waals surface area contributed by atoms with Gasteiger partial charge in [0, 0.05) is 26.0 Å². The largest absolute Gasteiger partial charge is 0.359 e. The molecule has 0 radical (unpaired) electrons. The monoisotopic (exact) mass is 307 g/mol. The van der Waals surface area contributed by atoms with Crippen LogP contribution in [0.2, 0.25) is 0 Å². The molecule has 0 aliphatic carbocycles. The lowest BCUT2D eigenvalue weighted by Crippen LogP contribution is -3.02. The van der Waals surface area contributed by atoms with Crippen molar-refractivity contribution < 1.29 is 4.90 Å². The Labute approximate surface area is 137 Å². The molecule has 2 rings (SSSR count). The number of unbranched alkanes of at least 4 members (excludes halogenated alkanes) is 5. The van der Waals surface area contributed by atoms with Gasteiger partial charge in [-0.3, -0.25) is 4.90 Å². The highest BCUT2D eigenvalue weighted by molar-refractivity contribution is 5.48. The first-order valence-corrected chi connectivity index (χ1v) is 8.76. The molecule has 0 aromatic carbocycles. The van der Waals surface area contributed by atoms with E-state index in [0.29, 0.717) is 6.17 Å². The Kier molecular flexibility index (Phi) is 8.90. The molecule has 0 saturated carbocycles. The molecule has 2 unspecified atom stereocenters. The Morgan fingerprint density at radius 3 is 2.27 bits per heavy atom. The van der Waals surface area contributed by atoms with E-state index in [9.17, 15) is 0 Å². The van der Waals surface area contributed by atoms with Crippen LogP contribution in [0.4, 0.5) is 0 Å². The summed E-state index contributed by atoms with van der Waals surface area (Å²) in [5, 5.41) is 0. The molecule has 0 fully saturated rings. The van der Waals surface area contributed by atoms with Gasteiger partial charge >= 0.3 is 0 Å². The number of hydrogen-bond donors (Lipinski definition) is 1. The third-order valence-corrected chi connectivity index (χ3v) is 4.24. The highest BCUT2D eigenvalue weighted by Crippen LogP contribution is 2.14. The first-order valence-electron chi connectivity index (χ1n) is 8.76. The molecule has 0 aromatic heterocycles. The van der Waals surface area contributed by atoms with E-state index >= 15 is 0 Å². The minimum atomic E-state index is 0.556. The van der Waals surface area contributed by atoms with Crippen molar-refractivity contribution in [3.63, 3.8) is 0 Å². The van der Waals surface area contributed by atoms with Crippen LogP contribution in [-0.2, 0) is 0 Å². The summed E-state index contributed by atoms with van der Waals surface area (Å²) in [6, 6.07) is 0. The highest BCUT2D eigenvalue weighted by atomic mass is 15.4. The number of hydrogen-bond acceptors (Lipinski definition) is 3. The summed E-state index contributed by atoms with van der Waals surface area (Å²) in [5.41, 5.74) is 1.11. The van der Waals surface area contributed by atoms with Gasteiger partial charge in [0.05, 0.1) is 18.9 Å². The van der Waals surface area contributed by atoms with E-state index < -0.39 is 0 Å². The van der Waals surface area contributed by atoms with Crippen LogP contribution < -0.4 is 4.90 Å². The second-order valence-corrected chi connectivity index (χ2v) is 6.39. The van der Waals surface area contributed by atoms with Gasteiger partial charge in [0.2, 0.25) is 0 Å². The SMILES string of the molecule is CC1=C[NH+](C)C=N1.CCCCCCCCN1C=CN(C)C1C. The molecule has 1 N–H and O–H groups in total. The summed E-state index contributed by atoms with van der Waals surface area (Å²) in [5.74, 6) is 0. The molecule has 2 aliphatic heterocycles. The first-order chi connectivity index (χ1) is 10.5. The molecule has 2 atom stereocenters. The lowest BCUT2D eigenvalue weighted by atomic mass is 10.1. The summed E-state index contributed by atoms with van der Waals surface area (Å²) in [4.78, 5) is 9.96. The van der Waals surface area contributed by atoms with Crippen molar-refractivity contribution in [1.82, 2.24) is 9.80 Å². The van der Waals surface area contributed by atoms with Crippen molar-refractivity contribution in [1.29, 1.82) is 0 Å². The van der Waals surface area contributed by atoms with Crippen molar-refractivity contribution in [2.75, 3.05) is 20.6 Å². The van der Waals surface area contributed by atoms with Crippen LogP contribution >= 0.6 is 0 Å². The lowest BCUT2D eigenvalue weighted by Gasteiger charge is -2.26. The maximum atomic E-state index is 4.02. The van der Waals surface area contributed by atoms with Gasteiger partial charge in [0.15, 0.2) is 6.34 Å². The number of nitrogens with zero attached hydrogens (tertiary/aromatic N) is 3. The van der Waals surface area contributed by atoms with Gasteiger partial charge in [-0.15, -0.1) is 0 Å². The van der Waals surface area contributed by atoms with Crippen LogP contribution in [0.15, 0.2) is 29.3 Å². The van der Waals surface area contributed by atoms with E-state index in [1.54, 1.807) is 0 Å². The molecule has 4 heteroatoms. The molecular weight excluding hydrogens is 272 g/mol. The third-order valence-electron chi connectivity index (χ3n) is 4.24. The van der Waals surface area contributed by atoms with Gasteiger partial charge in [0.1, 0.15) is 6.20 Å². The molecule has 0 amide bonds. The van der Waals surface area contributed by atoms with E-state index in [4.69, 9.17) is 0 Å². The van der Waals surface area contributed by atoms with Crippen molar-refractivity contribution >= 4 is 6.34 Å². The summed E-state index contributed by atoms with van der Waals surface area (Å²) in [7, 11) is 4.18.